The maximum atomic E-state index is 11.6. The van der Waals surface area contributed by atoms with E-state index < -0.39 is 0 Å². The van der Waals surface area contributed by atoms with Gasteiger partial charge in [-0.15, -0.1) is 0 Å². The van der Waals surface area contributed by atoms with Gasteiger partial charge in [0, 0.05) is 30.1 Å². The van der Waals surface area contributed by atoms with Gasteiger partial charge in [0.05, 0.1) is 0 Å². The van der Waals surface area contributed by atoms with Crippen LogP contribution in [0.5, 0.6) is 0 Å². The van der Waals surface area contributed by atoms with E-state index in [-0.39, 0.29) is 5.91 Å². The zero-order chi connectivity index (χ0) is 14.4. The van der Waals surface area contributed by atoms with Crippen LogP contribution in [0.15, 0.2) is 24.4 Å². The first kappa shape index (κ1) is 14.6. The van der Waals surface area contributed by atoms with Crippen molar-refractivity contribution in [3.8, 4) is 0 Å². The van der Waals surface area contributed by atoms with Gasteiger partial charge in [-0.2, -0.15) is 0 Å². The van der Waals surface area contributed by atoms with E-state index in [2.05, 4.69) is 42.3 Å². The molecule has 0 spiro atoms. The van der Waals surface area contributed by atoms with Crippen molar-refractivity contribution in [1.29, 1.82) is 0 Å². The number of aryl methyl sites for hydroxylation is 1. The summed E-state index contributed by atoms with van der Waals surface area (Å²) < 4.78 is 0. The average molecular weight is 272 g/mol. The highest BCUT2D eigenvalue weighted by Crippen LogP contribution is 2.19. The maximum absolute atomic E-state index is 11.6. The van der Waals surface area contributed by atoms with Gasteiger partial charge in [-0.3, -0.25) is 4.79 Å². The van der Waals surface area contributed by atoms with Gasteiger partial charge in [0.1, 0.15) is 0 Å². The molecule has 0 saturated heterocycles. The number of hydrogen-bond donors (Lipinski definition) is 2. The second kappa shape index (κ2) is 7.13. The Morgan fingerprint density at radius 2 is 2.15 bits per heavy atom. The number of amides is 1. The van der Waals surface area contributed by atoms with Crippen molar-refractivity contribution in [2.24, 2.45) is 0 Å². The lowest BCUT2D eigenvalue weighted by molar-refractivity contribution is -0.121. The van der Waals surface area contributed by atoms with E-state index in [1.165, 1.54) is 22.0 Å². The van der Waals surface area contributed by atoms with E-state index in [1.807, 2.05) is 6.20 Å². The molecule has 3 heteroatoms. The summed E-state index contributed by atoms with van der Waals surface area (Å²) in [5.74, 6) is 0.175. The molecule has 1 aromatic carbocycles. The average Bonchev–Trinajstić information content (AvgIpc) is 2.82. The Kier molecular flexibility index (Phi) is 5.22. The molecule has 0 aliphatic rings. The molecule has 0 unspecified atom stereocenters. The first-order valence-corrected chi connectivity index (χ1v) is 7.54. The van der Waals surface area contributed by atoms with Gasteiger partial charge < -0.3 is 10.3 Å². The van der Waals surface area contributed by atoms with Crippen molar-refractivity contribution in [1.82, 2.24) is 10.3 Å². The zero-order valence-corrected chi connectivity index (χ0v) is 12.5. The second-order valence-electron chi connectivity index (χ2n) is 5.42. The van der Waals surface area contributed by atoms with Gasteiger partial charge in [-0.25, -0.2) is 0 Å². The van der Waals surface area contributed by atoms with Gasteiger partial charge in [-0.05, 0) is 37.5 Å². The molecule has 1 heterocycles. The number of aromatic nitrogens is 1. The van der Waals surface area contributed by atoms with Crippen LogP contribution in [0.3, 0.4) is 0 Å². The molecule has 1 amide bonds. The first-order chi connectivity index (χ1) is 9.70. The summed E-state index contributed by atoms with van der Waals surface area (Å²) in [5, 5.41) is 4.28. The fourth-order valence-electron chi connectivity index (χ4n) is 2.46. The Morgan fingerprint density at radius 3 is 2.95 bits per heavy atom. The third kappa shape index (κ3) is 3.86. The summed E-state index contributed by atoms with van der Waals surface area (Å²) in [6.07, 6.45) is 6.86. The summed E-state index contributed by atoms with van der Waals surface area (Å²) in [7, 11) is 0. The van der Waals surface area contributed by atoms with Crippen molar-refractivity contribution < 1.29 is 4.79 Å². The van der Waals surface area contributed by atoms with E-state index >= 15 is 0 Å². The monoisotopic (exact) mass is 272 g/mol. The van der Waals surface area contributed by atoms with Crippen LogP contribution in [0.4, 0.5) is 0 Å². The van der Waals surface area contributed by atoms with Gasteiger partial charge in [-0.1, -0.05) is 31.4 Å². The highest BCUT2D eigenvalue weighted by atomic mass is 16.1. The van der Waals surface area contributed by atoms with Crippen molar-refractivity contribution in [2.75, 3.05) is 6.54 Å². The Labute approximate surface area is 120 Å². The minimum Gasteiger partial charge on any atom is -0.361 e. The highest BCUT2D eigenvalue weighted by molar-refractivity contribution is 5.84. The van der Waals surface area contributed by atoms with Crippen molar-refractivity contribution in [3.05, 3.63) is 35.5 Å². The van der Waals surface area contributed by atoms with E-state index in [1.54, 1.807) is 0 Å². The summed E-state index contributed by atoms with van der Waals surface area (Å²) in [6.45, 7) is 4.97. The van der Waals surface area contributed by atoms with Crippen LogP contribution in [0.2, 0.25) is 0 Å². The third-order valence-corrected chi connectivity index (χ3v) is 3.65. The van der Waals surface area contributed by atoms with E-state index in [9.17, 15) is 4.79 Å². The zero-order valence-electron chi connectivity index (χ0n) is 12.5. The number of nitrogens with one attached hydrogen (secondary N) is 2. The molecule has 0 aliphatic carbocycles. The molecule has 20 heavy (non-hydrogen) atoms. The number of carbonyl (C=O) groups excluding carboxylic acids is 1. The van der Waals surface area contributed by atoms with Crippen LogP contribution < -0.4 is 5.32 Å². The number of hydrogen-bond acceptors (Lipinski definition) is 1. The smallest absolute Gasteiger partial charge is 0.220 e. The number of fused-ring (bicyclic) bond motifs is 1. The molecule has 108 valence electrons. The summed E-state index contributed by atoms with van der Waals surface area (Å²) in [5.41, 5.74) is 3.71. The summed E-state index contributed by atoms with van der Waals surface area (Å²) >= 11 is 0. The van der Waals surface area contributed by atoms with Gasteiger partial charge >= 0.3 is 0 Å². The molecule has 0 bridgehead atoms. The predicted molar refractivity (Wildman–Crippen MR) is 83.9 cm³/mol. The first-order valence-electron chi connectivity index (χ1n) is 7.54. The van der Waals surface area contributed by atoms with Crippen LogP contribution in [0.25, 0.3) is 10.9 Å². The number of benzene rings is 1. The molecule has 0 aliphatic heterocycles. The quantitative estimate of drug-likeness (QED) is 0.741. The van der Waals surface area contributed by atoms with Gasteiger partial charge in [0.2, 0.25) is 5.91 Å². The number of carbonyl (C=O) groups is 1. The maximum Gasteiger partial charge on any atom is 0.220 e. The fourth-order valence-corrected chi connectivity index (χ4v) is 2.46. The van der Waals surface area contributed by atoms with Crippen LogP contribution in [-0.4, -0.2) is 17.4 Å². The normalized spacial score (nSPS) is 10.9. The number of aromatic amines is 1. The molecule has 0 fully saturated rings. The van der Waals surface area contributed by atoms with Crippen LogP contribution in [-0.2, 0) is 11.2 Å². The third-order valence-electron chi connectivity index (χ3n) is 3.65. The molecular weight excluding hydrogens is 248 g/mol. The molecule has 0 radical (unpaired) electrons. The molecule has 1 aromatic heterocycles. The lowest BCUT2D eigenvalue weighted by Crippen LogP contribution is -2.25. The number of unbranched alkanes of at least 4 members (excludes halogenated alkanes) is 2. The second-order valence-corrected chi connectivity index (χ2v) is 5.42. The Hall–Kier alpha value is -1.77. The molecule has 2 N–H and O–H groups in total. The van der Waals surface area contributed by atoms with Crippen molar-refractivity contribution in [2.45, 2.75) is 46.0 Å². The lowest BCUT2D eigenvalue weighted by Gasteiger charge is -2.04. The van der Waals surface area contributed by atoms with Crippen LogP contribution in [0, 0.1) is 6.92 Å². The van der Waals surface area contributed by atoms with Crippen molar-refractivity contribution >= 4 is 16.8 Å². The minimum absolute atomic E-state index is 0.175. The molecule has 0 saturated carbocycles. The number of rotatable bonds is 7. The fraction of sp³-hybridized carbons (Fsp3) is 0.471. The van der Waals surface area contributed by atoms with Gasteiger partial charge in [0.25, 0.3) is 0 Å². The van der Waals surface area contributed by atoms with E-state index in [0.717, 1.165) is 25.7 Å². The minimum atomic E-state index is 0.175. The highest BCUT2D eigenvalue weighted by Gasteiger charge is 2.05. The molecular formula is C17H24N2O. The molecule has 2 rings (SSSR count). The van der Waals surface area contributed by atoms with Gasteiger partial charge in [0.15, 0.2) is 0 Å². The van der Waals surface area contributed by atoms with Crippen LogP contribution >= 0.6 is 0 Å². The largest absolute Gasteiger partial charge is 0.361 e. The summed E-state index contributed by atoms with van der Waals surface area (Å²) in [4.78, 5) is 14.9. The van der Waals surface area contributed by atoms with Crippen LogP contribution in [0.1, 0.15) is 43.7 Å². The molecule has 0 atom stereocenters. The predicted octanol–water partition coefficient (Wildman–Crippen LogP) is 3.72. The Balaban J connectivity index is 1.84. The van der Waals surface area contributed by atoms with E-state index in [4.69, 9.17) is 0 Å². The Bertz CT molecular complexity index is 571. The number of H-pyrrole nitrogens is 1. The topological polar surface area (TPSA) is 44.9 Å². The van der Waals surface area contributed by atoms with E-state index in [0.29, 0.717) is 13.0 Å². The SMILES string of the molecule is CCCCCC(=O)NCCc1c[nH]c2ccc(C)cc12. The van der Waals surface area contributed by atoms with Crippen molar-refractivity contribution in [3.63, 3.8) is 0 Å². The molecule has 3 nitrogen and oxygen atoms in total. The summed E-state index contributed by atoms with van der Waals surface area (Å²) in [6, 6.07) is 6.42. The lowest BCUT2D eigenvalue weighted by atomic mass is 10.1. The standard InChI is InChI=1S/C17H24N2O/c1-3-4-5-6-17(20)18-10-9-14-12-19-16-8-7-13(2)11-15(14)16/h7-8,11-12,19H,3-6,9-10H2,1-2H3,(H,18,20). The molecule has 2 aromatic rings. The Morgan fingerprint density at radius 1 is 1.30 bits per heavy atom.